The van der Waals surface area contributed by atoms with Gasteiger partial charge in [0.05, 0.1) is 12.5 Å². The highest BCUT2D eigenvalue weighted by Crippen LogP contribution is 2.28. The van der Waals surface area contributed by atoms with Crippen molar-refractivity contribution in [1.82, 2.24) is 25.0 Å². The summed E-state index contributed by atoms with van der Waals surface area (Å²) in [6.45, 7) is 4.20. The monoisotopic (exact) mass is 375 g/mol. The van der Waals surface area contributed by atoms with Gasteiger partial charge in [0.1, 0.15) is 6.33 Å². The molecular weight excluding hydrogens is 342 g/mol. The van der Waals surface area contributed by atoms with Crippen LogP contribution in [-0.4, -0.2) is 57.9 Å². The summed E-state index contributed by atoms with van der Waals surface area (Å²) in [5.74, 6) is 1.16. The van der Waals surface area contributed by atoms with Crippen LogP contribution >= 0.6 is 0 Å². The van der Waals surface area contributed by atoms with E-state index in [1.54, 1.807) is 0 Å². The number of amides is 1. The molecule has 0 spiro atoms. The van der Waals surface area contributed by atoms with Crippen LogP contribution in [0.4, 0.5) is 0 Å². The third kappa shape index (κ3) is 4.69. The molecule has 1 aromatic heterocycles. The SMILES string of the molecule is O=C(NCc1nncn1C1CCCCC1)[C@@H]1CCCN(C2CCOCC2)C1. The maximum absolute atomic E-state index is 12.8. The first-order valence-electron chi connectivity index (χ1n) is 10.8. The van der Waals surface area contributed by atoms with Gasteiger partial charge in [-0.3, -0.25) is 9.69 Å². The molecule has 1 aliphatic carbocycles. The first-order chi connectivity index (χ1) is 13.3. The molecule has 3 aliphatic rings. The molecule has 3 heterocycles. The highest BCUT2D eigenvalue weighted by atomic mass is 16.5. The molecule has 0 radical (unpaired) electrons. The number of rotatable bonds is 5. The molecule has 2 aliphatic heterocycles. The van der Waals surface area contributed by atoms with E-state index in [9.17, 15) is 4.79 Å². The predicted octanol–water partition coefficient (Wildman–Crippen LogP) is 2.29. The molecule has 1 amide bonds. The van der Waals surface area contributed by atoms with Gasteiger partial charge < -0.3 is 14.6 Å². The van der Waals surface area contributed by atoms with Crippen LogP contribution in [0.3, 0.4) is 0 Å². The third-order valence-electron chi connectivity index (χ3n) is 6.57. The summed E-state index contributed by atoms with van der Waals surface area (Å²) in [4.78, 5) is 15.3. The van der Waals surface area contributed by atoms with E-state index in [2.05, 4.69) is 25.0 Å². The van der Waals surface area contributed by atoms with Crippen molar-refractivity contribution in [1.29, 1.82) is 0 Å². The van der Waals surface area contributed by atoms with Crippen molar-refractivity contribution in [2.24, 2.45) is 5.92 Å². The molecule has 1 atom stereocenters. The normalized spacial score (nSPS) is 26.1. The van der Waals surface area contributed by atoms with Crippen LogP contribution in [0.2, 0.25) is 0 Å². The summed E-state index contributed by atoms with van der Waals surface area (Å²) >= 11 is 0. The van der Waals surface area contributed by atoms with Crippen LogP contribution in [0.15, 0.2) is 6.33 Å². The Kier molecular flexibility index (Phi) is 6.39. The zero-order valence-electron chi connectivity index (χ0n) is 16.3. The topological polar surface area (TPSA) is 72.3 Å². The van der Waals surface area contributed by atoms with E-state index in [1.807, 2.05) is 6.33 Å². The minimum Gasteiger partial charge on any atom is -0.381 e. The zero-order chi connectivity index (χ0) is 18.5. The number of carbonyl (C=O) groups excluding carboxylic acids is 1. The van der Waals surface area contributed by atoms with Crippen LogP contribution in [0.25, 0.3) is 0 Å². The van der Waals surface area contributed by atoms with Gasteiger partial charge in [-0.25, -0.2) is 0 Å². The van der Waals surface area contributed by atoms with Crippen molar-refractivity contribution >= 4 is 5.91 Å². The number of nitrogens with one attached hydrogen (secondary N) is 1. The van der Waals surface area contributed by atoms with E-state index < -0.39 is 0 Å². The number of carbonyl (C=O) groups is 1. The molecule has 1 saturated carbocycles. The summed E-state index contributed by atoms with van der Waals surface area (Å²) in [5.41, 5.74) is 0. The van der Waals surface area contributed by atoms with E-state index in [-0.39, 0.29) is 11.8 Å². The van der Waals surface area contributed by atoms with Crippen LogP contribution in [-0.2, 0) is 16.1 Å². The van der Waals surface area contributed by atoms with Gasteiger partial charge in [-0.1, -0.05) is 19.3 Å². The van der Waals surface area contributed by atoms with Crippen LogP contribution in [0.5, 0.6) is 0 Å². The van der Waals surface area contributed by atoms with Gasteiger partial charge in [-0.05, 0) is 45.1 Å². The number of aromatic nitrogens is 3. The van der Waals surface area contributed by atoms with Crippen molar-refractivity contribution in [3.63, 3.8) is 0 Å². The summed E-state index contributed by atoms with van der Waals surface area (Å²) in [6, 6.07) is 1.09. The largest absolute Gasteiger partial charge is 0.381 e. The van der Waals surface area contributed by atoms with Gasteiger partial charge in [0.15, 0.2) is 5.82 Å². The Morgan fingerprint density at radius 2 is 1.89 bits per heavy atom. The second-order valence-corrected chi connectivity index (χ2v) is 8.34. The standard InChI is InChI=1S/C20H33N5O2/c26-20(16-5-4-10-24(14-16)17-8-11-27-12-9-17)21-13-19-23-22-15-25(19)18-6-2-1-3-7-18/h15-18H,1-14H2,(H,21,26)/t16-/m1/s1. The van der Waals surface area contributed by atoms with Crippen LogP contribution in [0.1, 0.15) is 69.7 Å². The van der Waals surface area contributed by atoms with Crippen molar-refractivity contribution < 1.29 is 9.53 Å². The molecule has 2 saturated heterocycles. The number of piperidine rings is 1. The van der Waals surface area contributed by atoms with E-state index in [0.717, 1.165) is 57.8 Å². The Balaban J connectivity index is 1.29. The van der Waals surface area contributed by atoms with Crippen molar-refractivity contribution in [3.05, 3.63) is 12.2 Å². The van der Waals surface area contributed by atoms with Crippen LogP contribution < -0.4 is 5.32 Å². The van der Waals surface area contributed by atoms with E-state index in [0.29, 0.717) is 18.6 Å². The minimum absolute atomic E-state index is 0.0904. The molecule has 0 aromatic carbocycles. The van der Waals surface area contributed by atoms with Gasteiger partial charge in [0.25, 0.3) is 0 Å². The van der Waals surface area contributed by atoms with Gasteiger partial charge in [-0.15, -0.1) is 10.2 Å². The van der Waals surface area contributed by atoms with Crippen LogP contribution in [0, 0.1) is 5.92 Å². The minimum atomic E-state index is 0.0904. The Morgan fingerprint density at radius 3 is 2.70 bits per heavy atom. The highest BCUT2D eigenvalue weighted by Gasteiger charge is 2.30. The van der Waals surface area contributed by atoms with Gasteiger partial charge in [0.2, 0.25) is 5.91 Å². The van der Waals surface area contributed by atoms with Gasteiger partial charge >= 0.3 is 0 Å². The summed E-state index contributed by atoms with van der Waals surface area (Å²) in [7, 11) is 0. The lowest BCUT2D eigenvalue weighted by Gasteiger charge is -2.39. The number of hydrogen-bond acceptors (Lipinski definition) is 5. The lowest BCUT2D eigenvalue weighted by molar-refractivity contribution is -0.127. The average Bonchev–Trinajstić information content (AvgIpc) is 3.22. The smallest absolute Gasteiger partial charge is 0.224 e. The molecule has 150 valence electrons. The Hall–Kier alpha value is -1.47. The zero-order valence-corrected chi connectivity index (χ0v) is 16.3. The second kappa shape index (κ2) is 9.15. The molecule has 1 aromatic rings. The number of likely N-dealkylation sites (tertiary alicyclic amines) is 1. The average molecular weight is 376 g/mol. The predicted molar refractivity (Wildman–Crippen MR) is 102 cm³/mol. The molecule has 7 heteroatoms. The highest BCUT2D eigenvalue weighted by molar-refractivity contribution is 5.78. The Labute approximate surface area is 161 Å². The summed E-state index contributed by atoms with van der Waals surface area (Å²) in [5, 5.41) is 11.5. The lowest BCUT2D eigenvalue weighted by Crippen LogP contribution is -2.48. The maximum Gasteiger partial charge on any atom is 0.224 e. The quantitative estimate of drug-likeness (QED) is 0.855. The van der Waals surface area contributed by atoms with Gasteiger partial charge in [-0.2, -0.15) is 0 Å². The van der Waals surface area contributed by atoms with E-state index in [1.165, 1.54) is 32.1 Å². The number of hydrogen-bond donors (Lipinski definition) is 1. The first-order valence-corrected chi connectivity index (χ1v) is 10.8. The fourth-order valence-corrected chi connectivity index (χ4v) is 4.97. The molecular formula is C20H33N5O2. The van der Waals surface area contributed by atoms with E-state index in [4.69, 9.17) is 4.74 Å². The molecule has 3 fully saturated rings. The molecule has 0 bridgehead atoms. The van der Waals surface area contributed by atoms with Crippen molar-refractivity contribution in [2.45, 2.75) is 76.4 Å². The summed E-state index contributed by atoms with van der Waals surface area (Å²) < 4.78 is 7.67. The molecule has 0 unspecified atom stereocenters. The number of ether oxygens (including phenoxy) is 1. The molecule has 4 rings (SSSR count). The fraction of sp³-hybridized carbons (Fsp3) is 0.850. The molecule has 1 N–H and O–H groups in total. The second-order valence-electron chi connectivity index (χ2n) is 8.34. The molecule has 7 nitrogen and oxygen atoms in total. The fourth-order valence-electron chi connectivity index (χ4n) is 4.97. The maximum atomic E-state index is 12.8. The Bertz CT molecular complexity index is 607. The van der Waals surface area contributed by atoms with Gasteiger partial charge in [0, 0.05) is 31.8 Å². The molecule has 27 heavy (non-hydrogen) atoms. The van der Waals surface area contributed by atoms with Crippen molar-refractivity contribution in [3.8, 4) is 0 Å². The van der Waals surface area contributed by atoms with E-state index >= 15 is 0 Å². The Morgan fingerprint density at radius 1 is 1.07 bits per heavy atom. The summed E-state index contributed by atoms with van der Waals surface area (Å²) in [6.07, 6.45) is 12.4. The van der Waals surface area contributed by atoms with Crippen molar-refractivity contribution in [2.75, 3.05) is 26.3 Å². The lowest BCUT2D eigenvalue weighted by atomic mass is 9.94. The first kappa shape index (κ1) is 18.9. The third-order valence-corrected chi connectivity index (χ3v) is 6.57. The number of nitrogens with zero attached hydrogens (tertiary/aromatic N) is 4.